The predicted octanol–water partition coefficient (Wildman–Crippen LogP) is -0.130. The van der Waals surface area contributed by atoms with Gasteiger partial charge in [0.2, 0.25) is 5.91 Å². The van der Waals surface area contributed by atoms with Gasteiger partial charge in [0.1, 0.15) is 5.54 Å². The number of hydrogen-bond donors (Lipinski definition) is 2. The number of carbonyl (C=O) groups is 2. The minimum absolute atomic E-state index is 0.0667. The van der Waals surface area contributed by atoms with E-state index in [9.17, 15) is 9.59 Å². The third-order valence-corrected chi connectivity index (χ3v) is 2.83. The monoisotopic (exact) mass is 268 g/mol. The van der Waals surface area contributed by atoms with Crippen LogP contribution in [-0.2, 0) is 15.1 Å². The van der Waals surface area contributed by atoms with Crippen molar-refractivity contribution in [1.82, 2.24) is 14.9 Å². The van der Waals surface area contributed by atoms with Gasteiger partial charge < -0.3 is 20.4 Å². The molecule has 0 saturated carbocycles. The predicted molar refractivity (Wildman–Crippen MR) is 69.6 cm³/mol. The summed E-state index contributed by atoms with van der Waals surface area (Å²) in [6, 6.07) is 0. The summed E-state index contributed by atoms with van der Waals surface area (Å²) in [6.07, 6.45) is 3.74. The van der Waals surface area contributed by atoms with Crippen LogP contribution in [0.15, 0.2) is 12.4 Å². The number of imidazole rings is 1. The molecule has 0 spiro atoms. The van der Waals surface area contributed by atoms with E-state index in [-0.39, 0.29) is 11.7 Å². The topological polar surface area (TPSA) is 99.2 Å². The lowest BCUT2D eigenvalue weighted by atomic mass is 10.0. The maximum absolute atomic E-state index is 12.1. The molecule has 3 N–H and O–H groups in total. The van der Waals surface area contributed by atoms with Crippen LogP contribution in [0, 0.1) is 0 Å². The summed E-state index contributed by atoms with van der Waals surface area (Å²) in [5.41, 5.74) is 4.29. The Labute approximate surface area is 112 Å². The van der Waals surface area contributed by atoms with Gasteiger partial charge in [-0.15, -0.1) is 0 Å². The molecule has 1 aromatic heterocycles. The number of nitrogens with two attached hydrogens (primary N) is 1. The standard InChI is InChI=1S/C12H20N4O3/c1-12(2,11(18)15-5-4-8-19-3)16-7-6-14-10(16)9(13)17/h6-7H,4-5,8H2,1-3H3,(H2,13,17)(H,15,18). The summed E-state index contributed by atoms with van der Waals surface area (Å²) in [4.78, 5) is 27.3. The highest BCUT2D eigenvalue weighted by Crippen LogP contribution is 2.17. The van der Waals surface area contributed by atoms with E-state index in [1.54, 1.807) is 27.2 Å². The first kappa shape index (κ1) is 15.2. The van der Waals surface area contributed by atoms with Gasteiger partial charge in [0, 0.05) is 32.7 Å². The molecule has 1 rings (SSSR count). The number of primary amides is 1. The highest BCUT2D eigenvalue weighted by molar-refractivity contribution is 5.91. The van der Waals surface area contributed by atoms with Crippen molar-refractivity contribution in [1.29, 1.82) is 0 Å². The zero-order valence-corrected chi connectivity index (χ0v) is 11.5. The second-order valence-corrected chi connectivity index (χ2v) is 4.65. The van der Waals surface area contributed by atoms with Crippen LogP contribution in [0.1, 0.15) is 30.9 Å². The van der Waals surface area contributed by atoms with E-state index in [4.69, 9.17) is 10.5 Å². The largest absolute Gasteiger partial charge is 0.385 e. The van der Waals surface area contributed by atoms with Gasteiger partial charge in [0.15, 0.2) is 5.82 Å². The molecule has 0 unspecified atom stereocenters. The molecule has 7 nitrogen and oxygen atoms in total. The van der Waals surface area contributed by atoms with Crippen molar-refractivity contribution >= 4 is 11.8 Å². The number of carbonyl (C=O) groups excluding carboxylic acids is 2. The van der Waals surface area contributed by atoms with Crippen LogP contribution in [0.25, 0.3) is 0 Å². The minimum Gasteiger partial charge on any atom is -0.385 e. The van der Waals surface area contributed by atoms with Crippen LogP contribution < -0.4 is 11.1 Å². The average Bonchev–Trinajstić information content (AvgIpc) is 2.84. The van der Waals surface area contributed by atoms with Crippen molar-refractivity contribution in [3.05, 3.63) is 18.2 Å². The van der Waals surface area contributed by atoms with E-state index < -0.39 is 11.4 Å². The smallest absolute Gasteiger partial charge is 0.284 e. The molecule has 0 aliphatic rings. The summed E-state index contributed by atoms with van der Waals surface area (Å²) in [5, 5.41) is 2.79. The quantitative estimate of drug-likeness (QED) is 0.673. The second-order valence-electron chi connectivity index (χ2n) is 4.65. The minimum atomic E-state index is -0.937. The first-order valence-electron chi connectivity index (χ1n) is 6.02. The number of aromatic nitrogens is 2. The summed E-state index contributed by atoms with van der Waals surface area (Å²) in [7, 11) is 1.61. The molecule has 0 radical (unpaired) electrons. The van der Waals surface area contributed by atoms with Crippen molar-refractivity contribution in [3.63, 3.8) is 0 Å². The fourth-order valence-electron chi connectivity index (χ4n) is 1.68. The van der Waals surface area contributed by atoms with Gasteiger partial charge in [0.05, 0.1) is 0 Å². The Bertz CT molecular complexity index is 454. The second kappa shape index (κ2) is 6.33. The average molecular weight is 268 g/mol. The number of nitrogens with zero attached hydrogens (tertiary/aromatic N) is 2. The third-order valence-electron chi connectivity index (χ3n) is 2.83. The maximum atomic E-state index is 12.1. The lowest BCUT2D eigenvalue weighted by molar-refractivity contribution is -0.128. The molecule has 1 heterocycles. The molecule has 0 aliphatic heterocycles. The fraction of sp³-hybridized carbons (Fsp3) is 0.583. The third kappa shape index (κ3) is 3.54. The zero-order valence-electron chi connectivity index (χ0n) is 11.5. The van der Waals surface area contributed by atoms with E-state index in [1.165, 1.54) is 10.8 Å². The van der Waals surface area contributed by atoms with Crippen LogP contribution >= 0.6 is 0 Å². The molecule has 0 aliphatic carbocycles. The summed E-state index contributed by atoms with van der Waals surface area (Å²) < 4.78 is 6.38. The van der Waals surface area contributed by atoms with E-state index in [0.717, 1.165) is 6.42 Å². The number of hydrogen-bond acceptors (Lipinski definition) is 4. The fourth-order valence-corrected chi connectivity index (χ4v) is 1.68. The van der Waals surface area contributed by atoms with Crippen molar-refractivity contribution in [3.8, 4) is 0 Å². The molecular formula is C12H20N4O3. The summed E-state index contributed by atoms with van der Waals surface area (Å²) in [6.45, 7) is 4.49. The first-order valence-corrected chi connectivity index (χ1v) is 6.02. The highest BCUT2D eigenvalue weighted by atomic mass is 16.5. The number of methoxy groups -OCH3 is 1. The summed E-state index contributed by atoms with van der Waals surface area (Å²) in [5.74, 6) is -0.800. The van der Waals surface area contributed by atoms with Crippen LogP contribution in [0.5, 0.6) is 0 Å². The van der Waals surface area contributed by atoms with E-state index in [2.05, 4.69) is 10.3 Å². The molecule has 19 heavy (non-hydrogen) atoms. The molecule has 7 heteroatoms. The van der Waals surface area contributed by atoms with Crippen LogP contribution in [0.4, 0.5) is 0 Å². The Kier molecular flexibility index (Phi) is 5.05. The zero-order chi connectivity index (χ0) is 14.5. The molecule has 0 atom stereocenters. The molecule has 0 bridgehead atoms. The first-order chi connectivity index (χ1) is 8.91. The van der Waals surface area contributed by atoms with Crippen molar-refractivity contribution < 1.29 is 14.3 Å². The van der Waals surface area contributed by atoms with E-state index in [0.29, 0.717) is 13.2 Å². The SMILES string of the molecule is COCCCNC(=O)C(C)(C)n1ccnc1C(N)=O. The van der Waals surface area contributed by atoms with Crippen molar-refractivity contribution in [2.75, 3.05) is 20.3 Å². The van der Waals surface area contributed by atoms with Crippen LogP contribution in [-0.4, -0.2) is 41.6 Å². The van der Waals surface area contributed by atoms with Crippen molar-refractivity contribution in [2.24, 2.45) is 5.73 Å². The Hall–Kier alpha value is -1.89. The van der Waals surface area contributed by atoms with Gasteiger partial charge in [-0.2, -0.15) is 0 Å². The molecule has 106 valence electrons. The molecule has 0 fully saturated rings. The molecule has 2 amide bonds. The Morgan fingerprint density at radius 2 is 2.21 bits per heavy atom. The highest BCUT2D eigenvalue weighted by Gasteiger charge is 2.32. The van der Waals surface area contributed by atoms with Gasteiger partial charge >= 0.3 is 0 Å². The van der Waals surface area contributed by atoms with E-state index >= 15 is 0 Å². The molecule has 1 aromatic rings. The van der Waals surface area contributed by atoms with E-state index in [1.807, 2.05) is 0 Å². The number of nitrogens with one attached hydrogen (secondary N) is 1. The number of ether oxygens (including phenoxy) is 1. The number of amides is 2. The summed E-state index contributed by atoms with van der Waals surface area (Å²) >= 11 is 0. The lowest BCUT2D eigenvalue weighted by Gasteiger charge is -2.26. The maximum Gasteiger partial charge on any atom is 0.284 e. The van der Waals surface area contributed by atoms with Crippen LogP contribution in [0.3, 0.4) is 0 Å². The van der Waals surface area contributed by atoms with Gasteiger partial charge in [-0.3, -0.25) is 9.59 Å². The Morgan fingerprint density at radius 1 is 1.53 bits per heavy atom. The van der Waals surface area contributed by atoms with Gasteiger partial charge in [-0.1, -0.05) is 0 Å². The Morgan fingerprint density at radius 3 is 2.79 bits per heavy atom. The molecule has 0 aromatic carbocycles. The van der Waals surface area contributed by atoms with Crippen molar-refractivity contribution in [2.45, 2.75) is 25.8 Å². The van der Waals surface area contributed by atoms with Gasteiger partial charge in [-0.25, -0.2) is 4.98 Å². The lowest BCUT2D eigenvalue weighted by Crippen LogP contribution is -2.46. The van der Waals surface area contributed by atoms with Gasteiger partial charge in [-0.05, 0) is 20.3 Å². The normalized spacial score (nSPS) is 11.3. The molecule has 0 saturated heterocycles. The van der Waals surface area contributed by atoms with Crippen LogP contribution in [0.2, 0.25) is 0 Å². The molecular weight excluding hydrogens is 248 g/mol. The Balaban J connectivity index is 2.76. The van der Waals surface area contributed by atoms with Gasteiger partial charge in [0.25, 0.3) is 5.91 Å². The number of rotatable bonds is 7.